The topological polar surface area (TPSA) is 34.0 Å². The third-order valence-electron chi connectivity index (χ3n) is 4.29. The Hall–Kier alpha value is -2.37. The molecule has 1 heterocycles. The summed E-state index contributed by atoms with van der Waals surface area (Å²) in [5, 5.41) is 3.03. The lowest BCUT2D eigenvalue weighted by molar-refractivity contribution is 0.585. The highest BCUT2D eigenvalue weighted by atomic mass is 35.5. The summed E-state index contributed by atoms with van der Waals surface area (Å²) in [4.78, 5) is 12.5. The lowest BCUT2D eigenvalue weighted by Gasteiger charge is -2.19. The van der Waals surface area contributed by atoms with E-state index in [2.05, 4.69) is 5.32 Å². The Kier molecular flexibility index (Phi) is 5.53. The minimum atomic E-state index is -0.795. The van der Waals surface area contributed by atoms with E-state index in [-0.39, 0.29) is 28.5 Å². The normalized spacial score (nSPS) is 10.9. The van der Waals surface area contributed by atoms with E-state index in [0.717, 1.165) is 0 Å². The molecule has 0 unspecified atom stereocenters. The molecule has 140 valence electrons. The second-order valence-corrected chi connectivity index (χ2v) is 6.66. The quantitative estimate of drug-likeness (QED) is 0.589. The molecule has 0 aliphatic heterocycles. The molecule has 0 amide bonds. The van der Waals surface area contributed by atoms with Crippen molar-refractivity contribution < 1.29 is 8.78 Å². The van der Waals surface area contributed by atoms with Crippen LogP contribution < -0.4 is 10.9 Å². The molecule has 3 aromatic rings. The van der Waals surface area contributed by atoms with Crippen LogP contribution in [0, 0.1) is 11.6 Å². The van der Waals surface area contributed by atoms with E-state index in [9.17, 15) is 13.6 Å². The number of halogens is 4. The van der Waals surface area contributed by atoms with Crippen molar-refractivity contribution in [3.05, 3.63) is 74.5 Å². The van der Waals surface area contributed by atoms with Gasteiger partial charge in [-0.3, -0.25) is 4.79 Å². The average Bonchev–Trinajstić information content (AvgIpc) is 2.64. The van der Waals surface area contributed by atoms with Gasteiger partial charge in [-0.15, -0.1) is 0 Å². The number of rotatable bonds is 4. The van der Waals surface area contributed by atoms with Crippen LogP contribution in [0.15, 0.2) is 47.3 Å². The average molecular weight is 409 g/mol. The molecule has 0 radical (unpaired) electrons. The molecule has 0 aliphatic carbocycles. The summed E-state index contributed by atoms with van der Waals surface area (Å²) in [6.07, 6.45) is 0. The monoisotopic (exact) mass is 408 g/mol. The Morgan fingerprint density at radius 2 is 1.63 bits per heavy atom. The van der Waals surface area contributed by atoms with Gasteiger partial charge in [-0.25, -0.2) is 8.78 Å². The number of nitrogens with zero attached hydrogens (tertiary/aromatic N) is 1. The van der Waals surface area contributed by atoms with Gasteiger partial charge in [-0.2, -0.15) is 0 Å². The lowest BCUT2D eigenvalue weighted by atomic mass is 9.97. The van der Waals surface area contributed by atoms with E-state index >= 15 is 0 Å². The van der Waals surface area contributed by atoms with Crippen LogP contribution in [0.4, 0.5) is 14.5 Å². The maximum atomic E-state index is 14.9. The van der Waals surface area contributed by atoms with Crippen molar-refractivity contribution >= 4 is 28.9 Å². The van der Waals surface area contributed by atoms with E-state index < -0.39 is 17.2 Å². The zero-order valence-corrected chi connectivity index (χ0v) is 16.1. The second kappa shape index (κ2) is 7.71. The fraction of sp³-hybridized carbons (Fsp3) is 0.150. The highest BCUT2D eigenvalue weighted by molar-refractivity contribution is 6.34. The Morgan fingerprint density at radius 3 is 2.19 bits per heavy atom. The minimum absolute atomic E-state index is 0.0526. The number of hydrogen-bond donors (Lipinski definition) is 1. The lowest BCUT2D eigenvalue weighted by Crippen LogP contribution is -2.23. The van der Waals surface area contributed by atoms with Gasteiger partial charge in [0.15, 0.2) is 0 Å². The van der Waals surface area contributed by atoms with Gasteiger partial charge in [-0.05, 0) is 31.2 Å². The highest BCUT2D eigenvalue weighted by Crippen LogP contribution is 2.39. The van der Waals surface area contributed by atoms with Gasteiger partial charge >= 0.3 is 0 Å². The number of nitrogens with one attached hydrogen (secondary N) is 1. The number of hydrogen-bond acceptors (Lipinski definition) is 2. The van der Waals surface area contributed by atoms with Crippen LogP contribution in [0.3, 0.4) is 0 Å². The molecule has 3 nitrogen and oxygen atoms in total. The van der Waals surface area contributed by atoms with Crippen LogP contribution in [0.5, 0.6) is 0 Å². The number of aromatic nitrogens is 1. The number of benzene rings is 2. The van der Waals surface area contributed by atoms with Gasteiger partial charge < -0.3 is 9.88 Å². The number of anilines is 1. The van der Waals surface area contributed by atoms with Crippen molar-refractivity contribution in [2.75, 3.05) is 12.4 Å². The third-order valence-corrected chi connectivity index (χ3v) is 4.89. The van der Waals surface area contributed by atoms with Crippen LogP contribution in [-0.2, 0) is 6.54 Å². The summed E-state index contributed by atoms with van der Waals surface area (Å²) in [7, 11) is 1.56. The Balaban J connectivity index is 2.48. The molecule has 0 saturated heterocycles. The van der Waals surface area contributed by atoms with E-state index in [1.54, 1.807) is 38.2 Å². The Bertz CT molecular complexity index is 1060. The summed E-state index contributed by atoms with van der Waals surface area (Å²) in [6, 6.07) is 10.6. The molecule has 0 spiro atoms. The number of pyridine rings is 1. The van der Waals surface area contributed by atoms with E-state index in [1.807, 2.05) is 0 Å². The van der Waals surface area contributed by atoms with Crippen molar-refractivity contribution in [2.45, 2.75) is 13.5 Å². The molecule has 0 fully saturated rings. The second-order valence-electron chi connectivity index (χ2n) is 5.85. The molecule has 1 N–H and O–H groups in total. The van der Waals surface area contributed by atoms with Crippen molar-refractivity contribution in [1.29, 1.82) is 0 Å². The van der Waals surface area contributed by atoms with Crippen molar-refractivity contribution in [3.8, 4) is 22.4 Å². The van der Waals surface area contributed by atoms with E-state index in [0.29, 0.717) is 16.1 Å². The first-order valence-electron chi connectivity index (χ1n) is 8.24. The molecule has 0 aliphatic rings. The SMILES string of the molecule is CCn1c(-c2c(F)cc(NC)cc2F)c(-c2ccccc2Cl)cc(Cl)c1=O. The molecule has 1 aromatic heterocycles. The first kappa shape index (κ1) is 19.4. The summed E-state index contributed by atoms with van der Waals surface area (Å²) in [5.41, 5.74) is 0.447. The summed E-state index contributed by atoms with van der Waals surface area (Å²) >= 11 is 12.4. The van der Waals surface area contributed by atoms with Gasteiger partial charge in [0, 0.05) is 35.4 Å². The molecule has 3 rings (SSSR count). The van der Waals surface area contributed by atoms with Crippen LogP contribution >= 0.6 is 23.2 Å². The third kappa shape index (κ3) is 3.45. The predicted octanol–water partition coefficient (Wildman–Crippen LogP) is 5.83. The predicted molar refractivity (Wildman–Crippen MR) is 107 cm³/mol. The van der Waals surface area contributed by atoms with Gasteiger partial charge in [0.2, 0.25) is 0 Å². The van der Waals surface area contributed by atoms with Crippen LogP contribution in [0.25, 0.3) is 22.4 Å². The first-order valence-corrected chi connectivity index (χ1v) is 9.00. The maximum absolute atomic E-state index is 14.9. The molecule has 27 heavy (non-hydrogen) atoms. The molecular formula is C20H16Cl2F2N2O. The fourth-order valence-corrected chi connectivity index (χ4v) is 3.48. The van der Waals surface area contributed by atoms with Crippen LogP contribution in [-0.4, -0.2) is 11.6 Å². The highest BCUT2D eigenvalue weighted by Gasteiger charge is 2.23. The molecular weight excluding hydrogens is 393 g/mol. The largest absolute Gasteiger partial charge is 0.388 e. The molecule has 2 aromatic carbocycles. The summed E-state index contributed by atoms with van der Waals surface area (Å²) in [6.45, 7) is 1.88. The minimum Gasteiger partial charge on any atom is -0.388 e. The van der Waals surface area contributed by atoms with Crippen molar-refractivity contribution in [2.24, 2.45) is 0 Å². The van der Waals surface area contributed by atoms with Crippen molar-refractivity contribution in [3.63, 3.8) is 0 Å². The van der Waals surface area contributed by atoms with Gasteiger partial charge in [-0.1, -0.05) is 41.4 Å². The Labute approximate surface area is 165 Å². The molecule has 0 bridgehead atoms. The Morgan fingerprint density at radius 1 is 1.00 bits per heavy atom. The first-order chi connectivity index (χ1) is 12.9. The van der Waals surface area contributed by atoms with E-state index in [4.69, 9.17) is 23.2 Å². The van der Waals surface area contributed by atoms with E-state index in [1.165, 1.54) is 22.8 Å². The van der Waals surface area contributed by atoms with Gasteiger partial charge in [0.05, 0.1) is 11.3 Å². The van der Waals surface area contributed by atoms with Gasteiger partial charge in [0.25, 0.3) is 5.56 Å². The summed E-state index contributed by atoms with van der Waals surface area (Å²) < 4.78 is 31.0. The van der Waals surface area contributed by atoms with Crippen LogP contribution in [0.2, 0.25) is 10.0 Å². The molecule has 7 heteroatoms. The van der Waals surface area contributed by atoms with Crippen LogP contribution in [0.1, 0.15) is 6.92 Å². The smallest absolute Gasteiger partial charge is 0.269 e. The zero-order chi connectivity index (χ0) is 19.7. The van der Waals surface area contributed by atoms with Gasteiger partial charge in [0.1, 0.15) is 16.7 Å². The summed E-state index contributed by atoms with van der Waals surface area (Å²) in [5.74, 6) is -1.59. The molecule has 0 saturated carbocycles. The standard InChI is InChI=1S/C20H16Cl2F2N2O/c1-3-26-19(18-16(23)8-11(25-2)9-17(18)24)13(10-15(22)20(26)27)12-6-4-5-7-14(12)21/h4-10,25H,3H2,1-2H3. The fourth-order valence-electron chi connectivity index (χ4n) is 3.03. The maximum Gasteiger partial charge on any atom is 0.269 e. The van der Waals surface area contributed by atoms with Crippen molar-refractivity contribution in [1.82, 2.24) is 4.57 Å². The zero-order valence-electron chi connectivity index (χ0n) is 14.6. The molecule has 0 atom stereocenters.